The zero-order chi connectivity index (χ0) is 13.1. The molecule has 0 bridgehead atoms. The van der Waals surface area contributed by atoms with Crippen LogP contribution in [0.2, 0.25) is 5.15 Å². The van der Waals surface area contributed by atoms with Crippen molar-refractivity contribution in [1.82, 2.24) is 4.98 Å². The van der Waals surface area contributed by atoms with E-state index in [-0.39, 0.29) is 0 Å². The second-order valence-electron chi connectivity index (χ2n) is 4.31. The standard InChI is InChI=1S/C14H15ClN2S/c1-9-5-10(2)7-11(6-9)8-18-14-12(16)3-4-13(15)17-14/h3-7H,8,16H2,1-2H3. The number of hydrogen-bond acceptors (Lipinski definition) is 3. The SMILES string of the molecule is Cc1cc(C)cc(CSc2nc(Cl)ccc2N)c1. The number of halogens is 1. The number of aryl methyl sites for hydroxylation is 2. The van der Waals surface area contributed by atoms with Crippen molar-refractivity contribution >= 4 is 29.1 Å². The Labute approximate surface area is 117 Å². The summed E-state index contributed by atoms with van der Waals surface area (Å²) in [6, 6.07) is 10.0. The number of pyridine rings is 1. The van der Waals surface area contributed by atoms with E-state index in [2.05, 4.69) is 37.0 Å². The van der Waals surface area contributed by atoms with Crippen molar-refractivity contribution in [3.8, 4) is 0 Å². The highest BCUT2D eigenvalue weighted by Gasteiger charge is 2.04. The Morgan fingerprint density at radius 1 is 1.17 bits per heavy atom. The van der Waals surface area contributed by atoms with Gasteiger partial charge in [-0.05, 0) is 31.5 Å². The van der Waals surface area contributed by atoms with Crippen molar-refractivity contribution in [3.63, 3.8) is 0 Å². The number of anilines is 1. The van der Waals surface area contributed by atoms with Crippen LogP contribution in [0.25, 0.3) is 0 Å². The molecular weight excluding hydrogens is 264 g/mol. The van der Waals surface area contributed by atoms with Gasteiger partial charge in [-0.2, -0.15) is 0 Å². The first kappa shape index (κ1) is 13.2. The Balaban J connectivity index is 2.13. The third-order valence-electron chi connectivity index (χ3n) is 2.51. The normalized spacial score (nSPS) is 10.6. The van der Waals surface area contributed by atoms with Gasteiger partial charge in [0.15, 0.2) is 0 Å². The van der Waals surface area contributed by atoms with E-state index in [1.807, 2.05) is 0 Å². The summed E-state index contributed by atoms with van der Waals surface area (Å²) in [7, 11) is 0. The van der Waals surface area contributed by atoms with Gasteiger partial charge in [0.25, 0.3) is 0 Å². The molecule has 0 aliphatic rings. The number of nitrogens with two attached hydrogens (primary N) is 1. The first-order valence-corrected chi connectivity index (χ1v) is 7.03. The third-order valence-corrected chi connectivity index (χ3v) is 3.80. The molecule has 2 aromatic rings. The molecule has 0 atom stereocenters. The van der Waals surface area contributed by atoms with Crippen molar-refractivity contribution in [1.29, 1.82) is 0 Å². The van der Waals surface area contributed by atoms with Crippen LogP contribution >= 0.6 is 23.4 Å². The van der Waals surface area contributed by atoms with Crippen LogP contribution in [-0.4, -0.2) is 4.98 Å². The summed E-state index contributed by atoms with van der Waals surface area (Å²) in [4.78, 5) is 4.24. The van der Waals surface area contributed by atoms with Gasteiger partial charge in [0.05, 0.1) is 5.69 Å². The minimum absolute atomic E-state index is 0.479. The summed E-state index contributed by atoms with van der Waals surface area (Å²) in [6.45, 7) is 4.21. The Bertz CT molecular complexity index is 549. The molecule has 0 saturated heterocycles. The molecule has 0 aliphatic heterocycles. The van der Waals surface area contributed by atoms with Crippen LogP contribution in [0.4, 0.5) is 5.69 Å². The van der Waals surface area contributed by atoms with Crippen LogP contribution in [0.15, 0.2) is 35.4 Å². The van der Waals surface area contributed by atoms with E-state index in [0.29, 0.717) is 10.8 Å². The molecule has 2 rings (SSSR count). The maximum atomic E-state index is 5.87. The minimum Gasteiger partial charge on any atom is -0.397 e. The topological polar surface area (TPSA) is 38.9 Å². The summed E-state index contributed by atoms with van der Waals surface area (Å²) in [6.07, 6.45) is 0. The second kappa shape index (κ2) is 5.63. The van der Waals surface area contributed by atoms with Gasteiger partial charge in [0.2, 0.25) is 0 Å². The maximum Gasteiger partial charge on any atom is 0.130 e. The summed E-state index contributed by atoms with van der Waals surface area (Å²) in [5, 5.41) is 1.27. The van der Waals surface area contributed by atoms with Crippen molar-refractivity contribution in [2.24, 2.45) is 0 Å². The molecule has 2 nitrogen and oxygen atoms in total. The fourth-order valence-corrected chi connectivity index (χ4v) is 2.91. The molecule has 94 valence electrons. The van der Waals surface area contributed by atoms with E-state index < -0.39 is 0 Å². The summed E-state index contributed by atoms with van der Waals surface area (Å²) >= 11 is 7.48. The Morgan fingerprint density at radius 2 is 1.83 bits per heavy atom. The Kier molecular flexibility index (Phi) is 4.15. The Morgan fingerprint density at radius 3 is 2.50 bits per heavy atom. The van der Waals surface area contributed by atoms with Crippen molar-refractivity contribution in [2.45, 2.75) is 24.6 Å². The average Bonchev–Trinajstić information content (AvgIpc) is 2.29. The van der Waals surface area contributed by atoms with Crippen LogP contribution < -0.4 is 5.73 Å². The molecule has 0 radical (unpaired) electrons. The lowest BCUT2D eigenvalue weighted by molar-refractivity contribution is 1.14. The number of benzene rings is 1. The molecular formula is C14H15ClN2S. The molecule has 0 saturated carbocycles. The largest absolute Gasteiger partial charge is 0.397 e. The molecule has 0 spiro atoms. The first-order valence-electron chi connectivity index (χ1n) is 5.66. The fourth-order valence-electron chi connectivity index (χ4n) is 1.85. The molecule has 0 fully saturated rings. The van der Waals surface area contributed by atoms with Gasteiger partial charge in [-0.1, -0.05) is 52.7 Å². The van der Waals surface area contributed by atoms with Crippen LogP contribution in [-0.2, 0) is 5.75 Å². The van der Waals surface area contributed by atoms with Crippen LogP contribution in [0.5, 0.6) is 0 Å². The number of nitrogen functional groups attached to an aromatic ring is 1. The number of thioether (sulfide) groups is 1. The van der Waals surface area contributed by atoms with Gasteiger partial charge in [0, 0.05) is 5.75 Å². The van der Waals surface area contributed by atoms with Crippen LogP contribution in [0, 0.1) is 13.8 Å². The third kappa shape index (κ3) is 3.40. The van der Waals surface area contributed by atoms with Gasteiger partial charge in [-0.3, -0.25) is 0 Å². The van der Waals surface area contributed by atoms with E-state index in [4.69, 9.17) is 17.3 Å². The average molecular weight is 279 g/mol. The van der Waals surface area contributed by atoms with Gasteiger partial charge < -0.3 is 5.73 Å². The molecule has 1 aromatic carbocycles. The number of aromatic nitrogens is 1. The molecule has 1 aromatic heterocycles. The zero-order valence-corrected chi connectivity index (χ0v) is 12.0. The van der Waals surface area contributed by atoms with E-state index in [1.165, 1.54) is 16.7 Å². The fraction of sp³-hybridized carbons (Fsp3) is 0.214. The second-order valence-corrected chi connectivity index (χ2v) is 5.66. The van der Waals surface area contributed by atoms with Crippen molar-refractivity contribution in [2.75, 3.05) is 5.73 Å². The molecule has 2 N–H and O–H groups in total. The summed E-state index contributed by atoms with van der Waals surface area (Å²) < 4.78 is 0. The number of rotatable bonds is 3. The molecule has 0 amide bonds. The van der Waals surface area contributed by atoms with Crippen LogP contribution in [0.3, 0.4) is 0 Å². The molecule has 0 unspecified atom stereocenters. The lowest BCUT2D eigenvalue weighted by Gasteiger charge is -2.06. The molecule has 1 heterocycles. The lowest BCUT2D eigenvalue weighted by atomic mass is 10.1. The predicted octanol–water partition coefficient (Wildman–Crippen LogP) is 4.23. The van der Waals surface area contributed by atoms with Gasteiger partial charge in [-0.15, -0.1) is 0 Å². The maximum absolute atomic E-state index is 5.87. The van der Waals surface area contributed by atoms with E-state index >= 15 is 0 Å². The van der Waals surface area contributed by atoms with E-state index in [9.17, 15) is 0 Å². The smallest absolute Gasteiger partial charge is 0.130 e. The minimum atomic E-state index is 0.479. The lowest BCUT2D eigenvalue weighted by Crippen LogP contribution is -1.93. The van der Waals surface area contributed by atoms with Gasteiger partial charge >= 0.3 is 0 Å². The predicted molar refractivity (Wildman–Crippen MR) is 79.1 cm³/mol. The Hall–Kier alpha value is -1.19. The van der Waals surface area contributed by atoms with Gasteiger partial charge in [-0.25, -0.2) is 4.98 Å². The van der Waals surface area contributed by atoms with Crippen LogP contribution in [0.1, 0.15) is 16.7 Å². The monoisotopic (exact) mass is 278 g/mol. The zero-order valence-electron chi connectivity index (χ0n) is 10.4. The molecule has 0 aliphatic carbocycles. The number of nitrogens with zero attached hydrogens (tertiary/aromatic N) is 1. The number of hydrogen-bond donors (Lipinski definition) is 1. The summed E-state index contributed by atoms with van der Waals surface area (Å²) in [5.41, 5.74) is 10.4. The molecule has 18 heavy (non-hydrogen) atoms. The highest BCUT2D eigenvalue weighted by Crippen LogP contribution is 2.28. The quantitative estimate of drug-likeness (QED) is 0.675. The summed E-state index contributed by atoms with van der Waals surface area (Å²) in [5.74, 6) is 0.847. The highest BCUT2D eigenvalue weighted by atomic mass is 35.5. The first-order chi connectivity index (χ1) is 8.54. The van der Waals surface area contributed by atoms with Crippen molar-refractivity contribution < 1.29 is 0 Å². The molecule has 4 heteroatoms. The van der Waals surface area contributed by atoms with E-state index in [0.717, 1.165) is 10.8 Å². The van der Waals surface area contributed by atoms with Gasteiger partial charge in [0.1, 0.15) is 10.2 Å². The van der Waals surface area contributed by atoms with Crippen molar-refractivity contribution in [3.05, 3.63) is 52.2 Å². The highest BCUT2D eigenvalue weighted by molar-refractivity contribution is 7.98. The van der Waals surface area contributed by atoms with E-state index in [1.54, 1.807) is 23.9 Å².